The third-order valence-corrected chi connectivity index (χ3v) is 4.92. The van der Waals surface area contributed by atoms with Gasteiger partial charge >= 0.3 is 12.1 Å². The summed E-state index contributed by atoms with van der Waals surface area (Å²) in [4.78, 5) is 37.7. The van der Waals surface area contributed by atoms with Gasteiger partial charge in [-0.15, -0.1) is 5.10 Å². The first-order chi connectivity index (χ1) is 14.5. The highest BCUT2D eigenvalue weighted by Gasteiger charge is 2.24. The second-order valence-corrected chi connectivity index (χ2v) is 6.96. The van der Waals surface area contributed by atoms with E-state index in [9.17, 15) is 9.59 Å². The van der Waals surface area contributed by atoms with E-state index in [2.05, 4.69) is 30.9 Å². The van der Waals surface area contributed by atoms with Crippen LogP contribution in [0.2, 0.25) is 0 Å². The molecule has 1 fully saturated rings. The molecule has 0 saturated heterocycles. The Balaban J connectivity index is 1.51. The van der Waals surface area contributed by atoms with Gasteiger partial charge in [0.1, 0.15) is 22.4 Å². The zero-order valence-corrected chi connectivity index (χ0v) is 15.9. The van der Waals surface area contributed by atoms with Crippen molar-refractivity contribution in [1.29, 1.82) is 0 Å². The van der Waals surface area contributed by atoms with E-state index in [0.717, 1.165) is 0 Å². The molecule has 2 heterocycles. The molecular weight excluding hydrogens is 392 g/mol. The number of fused-ring (bicyclic) bond motifs is 1. The van der Waals surface area contributed by atoms with Crippen molar-refractivity contribution in [3.8, 4) is 6.01 Å². The van der Waals surface area contributed by atoms with Crippen molar-refractivity contribution in [1.82, 2.24) is 30.4 Å². The number of nitrogens with zero attached hydrogens (tertiary/aromatic N) is 5. The summed E-state index contributed by atoms with van der Waals surface area (Å²) >= 11 is 0. The number of rotatable bonds is 6. The van der Waals surface area contributed by atoms with Gasteiger partial charge in [-0.05, 0) is 43.0 Å². The van der Waals surface area contributed by atoms with E-state index in [1.165, 1.54) is 11.0 Å². The molecule has 0 spiro atoms. The molecule has 156 valence electrons. The molecule has 0 atom stereocenters. The lowest BCUT2D eigenvalue weighted by Crippen LogP contribution is -2.39. The lowest BCUT2D eigenvalue weighted by atomic mass is 9.91. The molecule has 30 heavy (non-hydrogen) atoms. The summed E-state index contributed by atoms with van der Waals surface area (Å²) in [6.07, 6.45) is 3.03. The Bertz CT molecular complexity index is 1080. The summed E-state index contributed by atoms with van der Waals surface area (Å²) in [6.45, 7) is 0. The largest absolute Gasteiger partial charge is 0.465 e. The summed E-state index contributed by atoms with van der Waals surface area (Å²) in [6, 6.07) is 7.13. The van der Waals surface area contributed by atoms with Crippen LogP contribution >= 0.6 is 0 Å². The molecular formula is C18H20N8O4. The molecule has 12 nitrogen and oxygen atoms in total. The van der Waals surface area contributed by atoms with E-state index in [1.54, 1.807) is 12.1 Å². The van der Waals surface area contributed by atoms with Crippen LogP contribution in [0.25, 0.3) is 11.0 Å². The Morgan fingerprint density at radius 1 is 1.17 bits per heavy atom. The van der Waals surface area contributed by atoms with Crippen LogP contribution in [0.1, 0.15) is 36.0 Å². The molecule has 2 amide bonds. The van der Waals surface area contributed by atoms with Crippen LogP contribution in [0.15, 0.2) is 30.5 Å². The fourth-order valence-electron chi connectivity index (χ4n) is 3.44. The minimum absolute atomic E-state index is 0.00453. The number of hydrogen-bond donors (Lipinski definition) is 4. The Hall–Kier alpha value is -3.96. The van der Waals surface area contributed by atoms with Crippen LogP contribution < -0.4 is 21.2 Å². The normalized spacial score (nSPS) is 18.7. The van der Waals surface area contributed by atoms with E-state index in [0.29, 0.717) is 36.7 Å². The van der Waals surface area contributed by atoms with Crippen molar-refractivity contribution < 1.29 is 19.5 Å². The van der Waals surface area contributed by atoms with E-state index in [-0.39, 0.29) is 29.5 Å². The zero-order chi connectivity index (χ0) is 21.1. The summed E-state index contributed by atoms with van der Waals surface area (Å²) in [5.74, 6) is -0.414. The molecule has 0 radical (unpaired) electrons. The predicted octanol–water partition coefficient (Wildman–Crippen LogP) is 1.15. The van der Waals surface area contributed by atoms with Crippen molar-refractivity contribution in [3.63, 3.8) is 0 Å². The Kier molecular flexibility index (Phi) is 5.28. The number of carboxylic acid groups (broad SMARTS) is 1. The molecule has 1 aliphatic rings. The van der Waals surface area contributed by atoms with Gasteiger partial charge in [0.15, 0.2) is 0 Å². The average molecular weight is 412 g/mol. The molecule has 2 aromatic heterocycles. The number of anilines is 1. The predicted molar refractivity (Wildman–Crippen MR) is 105 cm³/mol. The molecule has 0 unspecified atom stereocenters. The molecule has 0 bridgehead atoms. The maximum Gasteiger partial charge on any atom is 0.404 e. The quantitative estimate of drug-likeness (QED) is 0.463. The van der Waals surface area contributed by atoms with Gasteiger partial charge in [0.05, 0.1) is 0 Å². The first kappa shape index (κ1) is 19.4. The maximum atomic E-state index is 11.8. The third kappa shape index (κ3) is 4.21. The third-order valence-electron chi connectivity index (χ3n) is 4.92. The van der Waals surface area contributed by atoms with Crippen molar-refractivity contribution in [3.05, 3.63) is 36.0 Å². The number of nitrogens with one attached hydrogen (secondary N) is 2. The Labute approximate surface area is 170 Å². The van der Waals surface area contributed by atoms with Crippen LogP contribution in [-0.2, 0) is 0 Å². The number of aromatic nitrogens is 5. The molecule has 4 rings (SSSR count). The van der Waals surface area contributed by atoms with Crippen molar-refractivity contribution in [2.45, 2.75) is 37.8 Å². The van der Waals surface area contributed by atoms with Gasteiger partial charge < -0.3 is 26.3 Å². The lowest BCUT2D eigenvalue weighted by Gasteiger charge is -2.29. The first-order valence-electron chi connectivity index (χ1n) is 9.41. The number of carbonyl (C=O) groups excluding carboxylic acids is 1. The number of amides is 2. The molecule has 3 aromatic rings. The van der Waals surface area contributed by atoms with Crippen LogP contribution in [-0.4, -0.2) is 54.3 Å². The number of nitrogens with two attached hydrogens (primary N) is 1. The van der Waals surface area contributed by atoms with Crippen LogP contribution in [0, 0.1) is 0 Å². The van der Waals surface area contributed by atoms with Gasteiger partial charge in [0.25, 0.3) is 5.91 Å². The lowest BCUT2D eigenvalue weighted by molar-refractivity contribution is 0.0999. The molecule has 1 saturated carbocycles. The number of hydrogen-bond acceptors (Lipinski definition) is 8. The monoisotopic (exact) mass is 412 g/mol. The average Bonchev–Trinajstić information content (AvgIpc) is 3.12. The molecule has 12 heteroatoms. The van der Waals surface area contributed by atoms with Gasteiger partial charge in [-0.3, -0.25) is 4.79 Å². The van der Waals surface area contributed by atoms with E-state index in [1.807, 2.05) is 12.1 Å². The van der Waals surface area contributed by atoms with Crippen molar-refractivity contribution >= 4 is 28.9 Å². The van der Waals surface area contributed by atoms with Gasteiger partial charge in [0.2, 0.25) is 0 Å². The van der Waals surface area contributed by atoms with Crippen LogP contribution in [0.5, 0.6) is 6.01 Å². The maximum absolute atomic E-state index is 11.8. The fourth-order valence-corrected chi connectivity index (χ4v) is 3.44. The van der Waals surface area contributed by atoms with Crippen LogP contribution in [0.3, 0.4) is 0 Å². The SMILES string of the molecule is NC(=O)c1cnc(On2nnc3ccccc32)nc1N[C@H]1CC[C@H](NC(=O)O)CC1. The highest BCUT2D eigenvalue weighted by Crippen LogP contribution is 2.24. The zero-order valence-electron chi connectivity index (χ0n) is 15.9. The summed E-state index contributed by atoms with van der Waals surface area (Å²) < 4.78 is 0. The Morgan fingerprint density at radius 2 is 1.90 bits per heavy atom. The number of carbonyl (C=O) groups is 2. The highest BCUT2D eigenvalue weighted by atomic mass is 16.7. The smallest absolute Gasteiger partial charge is 0.404 e. The van der Waals surface area contributed by atoms with Gasteiger partial charge in [-0.2, -0.15) is 4.98 Å². The van der Waals surface area contributed by atoms with Gasteiger partial charge in [-0.1, -0.05) is 17.0 Å². The summed E-state index contributed by atoms with van der Waals surface area (Å²) in [7, 11) is 0. The van der Waals surface area contributed by atoms with Gasteiger partial charge in [0, 0.05) is 18.3 Å². The fraction of sp³-hybridized carbons (Fsp3) is 0.333. The van der Waals surface area contributed by atoms with E-state index < -0.39 is 12.0 Å². The standard InChI is InChI=1S/C18H20N8O4/c19-15(27)12-9-20-17(30-26-14-4-2-1-3-13(14)24-25-26)23-16(12)21-10-5-7-11(8-6-10)22-18(28)29/h1-4,9-11,22H,5-8H2,(H2,19,27)(H,28,29)(H,20,21,23)/t10-,11-. The van der Waals surface area contributed by atoms with E-state index in [4.69, 9.17) is 15.7 Å². The topological polar surface area (TPSA) is 170 Å². The minimum Gasteiger partial charge on any atom is -0.465 e. The molecule has 5 N–H and O–H groups in total. The first-order valence-corrected chi connectivity index (χ1v) is 9.41. The van der Waals surface area contributed by atoms with Crippen LogP contribution in [0.4, 0.5) is 10.6 Å². The molecule has 0 aliphatic heterocycles. The Morgan fingerprint density at radius 3 is 2.63 bits per heavy atom. The second kappa shape index (κ2) is 8.19. The minimum atomic E-state index is -1.03. The van der Waals surface area contributed by atoms with Crippen molar-refractivity contribution in [2.75, 3.05) is 5.32 Å². The second-order valence-electron chi connectivity index (χ2n) is 6.96. The van der Waals surface area contributed by atoms with Gasteiger partial charge in [-0.25, -0.2) is 9.78 Å². The molecule has 1 aliphatic carbocycles. The number of primary amides is 1. The van der Waals surface area contributed by atoms with E-state index >= 15 is 0 Å². The number of para-hydroxylation sites is 1. The molecule has 1 aromatic carbocycles. The highest BCUT2D eigenvalue weighted by molar-refractivity contribution is 5.97. The summed E-state index contributed by atoms with van der Waals surface area (Å²) in [5.41, 5.74) is 6.88. The number of benzene rings is 1. The summed E-state index contributed by atoms with van der Waals surface area (Å²) in [5, 5.41) is 22.5. The van der Waals surface area contributed by atoms with Crippen molar-refractivity contribution in [2.24, 2.45) is 5.73 Å².